The minimum absolute atomic E-state index is 0.137. The molecule has 1 atom stereocenters. The molecule has 1 aliphatic heterocycles. The molecule has 1 saturated heterocycles. The predicted octanol–water partition coefficient (Wildman–Crippen LogP) is 2.94. The van der Waals surface area contributed by atoms with Gasteiger partial charge in [-0.2, -0.15) is 0 Å². The van der Waals surface area contributed by atoms with Crippen molar-refractivity contribution in [3.63, 3.8) is 0 Å². The Hall–Kier alpha value is -1.26. The number of hydrogen-bond acceptors (Lipinski definition) is 3. The van der Waals surface area contributed by atoms with Crippen molar-refractivity contribution in [2.24, 2.45) is 0 Å². The van der Waals surface area contributed by atoms with Gasteiger partial charge in [0.05, 0.1) is 17.1 Å². The molecule has 0 bridgehead atoms. The van der Waals surface area contributed by atoms with Crippen molar-refractivity contribution in [3.05, 3.63) is 28.2 Å². The third kappa shape index (κ3) is 2.85. The van der Waals surface area contributed by atoms with Gasteiger partial charge in [-0.3, -0.25) is 14.5 Å². The van der Waals surface area contributed by atoms with Crippen molar-refractivity contribution < 1.29 is 9.59 Å². The van der Waals surface area contributed by atoms with Gasteiger partial charge in [0.2, 0.25) is 5.91 Å². The van der Waals surface area contributed by atoms with Crippen molar-refractivity contribution in [1.82, 2.24) is 4.90 Å². The van der Waals surface area contributed by atoms with Gasteiger partial charge in [0, 0.05) is 11.1 Å². The lowest BCUT2D eigenvalue weighted by Crippen LogP contribution is -2.39. The molecule has 2 rings (SSSR count). The second-order valence-electron chi connectivity index (χ2n) is 4.72. The molecule has 0 radical (unpaired) electrons. The van der Waals surface area contributed by atoms with Crippen molar-refractivity contribution in [2.75, 3.05) is 5.32 Å². The first kappa shape index (κ1) is 14.2. The first-order valence-corrected chi connectivity index (χ1v) is 6.73. The second kappa shape index (κ2) is 5.39. The number of imide groups is 1. The van der Waals surface area contributed by atoms with Gasteiger partial charge in [0.1, 0.15) is 6.04 Å². The fourth-order valence-corrected chi connectivity index (χ4v) is 2.45. The van der Waals surface area contributed by atoms with E-state index in [1.807, 2.05) is 13.8 Å². The number of hydrogen-bond donors (Lipinski definition) is 1. The van der Waals surface area contributed by atoms with Crippen LogP contribution in [0, 0.1) is 0 Å². The van der Waals surface area contributed by atoms with Crippen LogP contribution in [0.3, 0.4) is 0 Å². The molecule has 6 heteroatoms. The maximum atomic E-state index is 12.1. The quantitative estimate of drug-likeness (QED) is 0.873. The third-order valence-corrected chi connectivity index (χ3v) is 3.52. The van der Waals surface area contributed by atoms with Gasteiger partial charge in [-0.05, 0) is 32.0 Å². The molecule has 1 N–H and O–H groups in total. The normalized spacial score (nSPS) is 19.4. The molecule has 4 nitrogen and oxygen atoms in total. The summed E-state index contributed by atoms with van der Waals surface area (Å²) in [5.41, 5.74) is 0.561. The number of nitrogens with zero attached hydrogens (tertiary/aromatic N) is 1. The molecule has 102 valence electrons. The summed E-state index contributed by atoms with van der Waals surface area (Å²) in [4.78, 5) is 25.2. The average molecular weight is 301 g/mol. The first-order chi connectivity index (χ1) is 8.90. The van der Waals surface area contributed by atoms with Crippen LogP contribution in [0.2, 0.25) is 10.0 Å². The van der Waals surface area contributed by atoms with Crippen LogP contribution in [0.4, 0.5) is 5.69 Å². The second-order valence-corrected chi connectivity index (χ2v) is 5.56. The summed E-state index contributed by atoms with van der Waals surface area (Å²) in [6.07, 6.45) is 0.139. The number of benzene rings is 1. The van der Waals surface area contributed by atoms with Gasteiger partial charge in [0.15, 0.2) is 0 Å². The zero-order chi connectivity index (χ0) is 14.2. The Bertz CT molecular complexity index is 531. The number of carbonyl (C=O) groups excluding carboxylic acids is 2. The number of nitrogens with one attached hydrogen (secondary N) is 1. The van der Waals surface area contributed by atoms with E-state index in [0.29, 0.717) is 15.7 Å². The molecule has 0 aromatic heterocycles. The molecule has 19 heavy (non-hydrogen) atoms. The molecular formula is C13H14Cl2N2O2. The van der Waals surface area contributed by atoms with Gasteiger partial charge < -0.3 is 5.32 Å². The van der Waals surface area contributed by atoms with Gasteiger partial charge in [-0.15, -0.1) is 0 Å². The minimum Gasteiger partial charge on any atom is -0.372 e. The van der Waals surface area contributed by atoms with E-state index in [1.54, 1.807) is 18.2 Å². The van der Waals surface area contributed by atoms with Crippen LogP contribution in [0.1, 0.15) is 20.3 Å². The van der Waals surface area contributed by atoms with E-state index in [-0.39, 0.29) is 24.3 Å². The predicted molar refractivity (Wildman–Crippen MR) is 75.5 cm³/mol. The van der Waals surface area contributed by atoms with Crippen LogP contribution in [0.15, 0.2) is 18.2 Å². The fraction of sp³-hybridized carbons (Fsp3) is 0.385. The minimum atomic E-state index is -0.578. The highest BCUT2D eigenvalue weighted by atomic mass is 35.5. The van der Waals surface area contributed by atoms with E-state index < -0.39 is 6.04 Å². The lowest BCUT2D eigenvalue weighted by molar-refractivity contribution is -0.140. The topological polar surface area (TPSA) is 49.4 Å². The Morgan fingerprint density at radius 1 is 1.32 bits per heavy atom. The van der Waals surface area contributed by atoms with Crippen molar-refractivity contribution >= 4 is 40.7 Å². The Morgan fingerprint density at radius 2 is 2.00 bits per heavy atom. The summed E-state index contributed by atoms with van der Waals surface area (Å²) in [7, 11) is 0. The summed E-state index contributed by atoms with van der Waals surface area (Å²) in [6, 6.07) is 4.23. The van der Waals surface area contributed by atoms with Gasteiger partial charge >= 0.3 is 0 Å². The van der Waals surface area contributed by atoms with Crippen LogP contribution in [0.5, 0.6) is 0 Å². The SMILES string of the molecule is CC(C)N1C(=O)CC(Nc2cc(Cl)ccc2Cl)C1=O. The number of likely N-dealkylation sites (tertiary alicyclic amines) is 1. The third-order valence-electron chi connectivity index (χ3n) is 2.96. The van der Waals surface area contributed by atoms with E-state index in [4.69, 9.17) is 23.2 Å². The molecule has 0 spiro atoms. The Kier molecular flexibility index (Phi) is 4.02. The molecule has 1 aromatic carbocycles. The molecular weight excluding hydrogens is 287 g/mol. The average Bonchev–Trinajstić information content (AvgIpc) is 2.59. The van der Waals surface area contributed by atoms with E-state index in [1.165, 1.54) is 4.90 Å². The van der Waals surface area contributed by atoms with Crippen LogP contribution >= 0.6 is 23.2 Å². The van der Waals surface area contributed by atoms with Crippen molar-refractivity contribution in [2.45, 2.75) is 32.4 Å². The maximum absolute atomic E-state index is 12.1. The summed E-state index contributed by atoms with van der Waals surface area (Å²) in [5, 5.41) is 3.97. The number of rotatable bonds is 3. The Morgan fingerprint density at radius 3 is 2.58 bits per heavy atom. The summed E-state index contributed by atoms with van der Waals surface area (Å²) < 4.78 is 0. The van der Waals surface area contributed by atoms with Crippen LogP contribution < -0.4 is 5.32 Å². The van der Waals surface area contributed by atoms with E-state index >= 15 is 0 Å². The first-order valence-electron chi connectivity index (χ1n) is 5.97. The zero-order valence-corrected chi connectivity index (χ0v) is 12.1. The number of carbonyl (C=O) groups is 2. The molecule has 1 aromatic rings. The largest absolute Gasteiger partial charge is 0.372 e. The highest BCUT2D eigenvalue weighted by Gasteiger charge is 2.40. The maximum Gasteiger partial charge on any atom is 0.252 e. The van der Waals surface area contributed by atoms with Crippen LogP contribution in [-0.4, -0.2) is 28.8 Å². The molecule has 1 aliphatic rings. The summed E-state index contributed by atoms with van der Waals surface area (Å²) >= 11 is 11.9. The number of anilines is 1. The lowest BCUT2D eigenvalue weighted by atomic mass is 10.2. The Labute approximate surface area is 121 Å². The standard InChI is InChI=1S/C13H14Cl2N2O2/c1-7(2)17-12(18)6-11(13(17)19)16-10-5-8(14)3-4-9(10)15/h3-5,7,11,16H,6H2,1-2H3. The molecule has 0 aliphatic carbocycles. The summed E-state index contributed by atoms with van der Waals surface area (Å²) in [6.45, 7) is 3.62. The van der Waals surface area contributed by atoms with E-state index in [2.05, 4.69) is 5.32 Å². The zero-order valence-electron chi connectivity index (χ0n) is 10.6. The van der Waals surface area contributed by atoms with E-state index in [0.717, 1.165) is 0 Å². The van der Waals surface area contributed by atoms with Gasteiger partial charge in [-0.1, -0.05) is 23.2 Å². The number of amides is 2. The lowest BCUT2D eigenvalue weighted by Gasteiger charge is -2.19. The van der Waals surface area contributed by atoms with Gasteiger partial charge in [-0.25, -0.2) is 0 Å². The highest BCUT2D eigenvalue weighted by molar-refractivity contribution is 6.35. The fourth-order valence-electron chi connectivity index (χ4n) is 2.10. The molecule has 1 fully saturated rings. The highest BCUT2D eigenvalue weighted by Crippen LogP contribution is 2.28. The van der Waals surface area contributed by atoms with Gasteiger partial charge in [0.25, 0.3) is 5.91 Å². The Balaban J connectivity index is 2.19. The van der Waals surface area contributed by atoms with Crippen molar-refractivity contribution in [3.8, 4) is 0 Å². The molecule has 1 unspecified atom stereocenters. The molecule has 2 amide bonds. The van der Waals surface area contributed by atoms with Crippen LogP contribution in [0.25, 0.3) is 0 Å². The smallest absolute Gasteiger partial charge is 0.252 e. The monoisotopic (exact) mass is 300 g/mol. The summed E-state index contributed by atoms with van der Waals surface area (Å²) in [5.74, 6) is -0.397. The molecule has 0 saturated carbocycles. The number of halogens is 2. The van der Waals surface area contributed by atoms with Crippen LogP contribution in [-0.2, 0) is 9.59 Å². The molecule has 1 heterocycles. The van der Waals surface area contributed by atoms with Crippen molar-refractivity contribution in [1.29, 1.82) is 0 Å². The van der Waals surface area contributed by atoms with E-state index in [9.17, 15) is 9.59 Å².